The first-order valence-corrected chi connectivity index (χ1v) is 14.8. The number of esters is 3. The molecule has 234 valence electrons. The molecule has 0 atom stereocenters. The molecule has 8 heteroatoms. The Labute approximate surface area is 258 Å². The summed E-state index contributed by atoms with van der Waals surface area (Å²) in [7, 11) is 0. The van der Waals surface area contributed by atoms with Gasteiger partial charge in [-0.1, -0.05) is 31.4 Å². The highest BCUT2D eigenvalue weighted by Crippen LogP contribution is 2.28. The standard InChI is InChI=1S/C36H42O8/c1-23(2)32(37)41-18-10-8-12-25-20-27(13-9-11-19-42-35(40)36(5,6)7)31-28(21-25)22-30(34(39)44-31)26-14-16-29(17-15-26)43-33(38)24(3)4/h14-17,20-22H,1,3,8-13,18-19H2,2,4-7H3. The van der Waals surface area contributed by atoms with Gasteiger partial charge in [-0.3, -0.25) is 4.79 Å². The van der Waals surface area contributed by atoms with Crippen molar-refractivity contribution in [3.05, 3.63) is 88.3 Å². The van der Waals surface area contributed by atoms with E-state index in [1.165, 1.54) is 0 Å². The highest BCUT2D eigenvalue weighted by Gasteiger charge is 2.22. The SMILES string of the molecule is C=C(C)C(=O)OCCCCc1cc(CCCCOC(=O)C(C)(C)C)c2oc(=O)c(-c3ccc(OC(=O)C(=C)C)cc3)cc2c1. The maximum absolute atomic E-state index is 13.1. The molecule has 0 aliphatic carbocycles. The minimum Gasteiger partial charge on any atom is -0.465 e. The lowest BCUT2D eigenvalue weighted by molar-refractivity contribution is -0.153. The fourth-order valence-electron chi connectivity index (χ4n) is 4.32. The van der Waals surface area contributed by atoms with Crippen LogP contribution < -0.4 is 10.4 Å². The average Bonchev–Trinajstić information content (AvgIpc) is 2.96. The molecule has 0 fully saturated rings. The van der Waals surface area contributed by atoms with Gasteiger partial charge in [0.1, 0.15) is 11.3 Å². The van der Waals surface area contributed by atoms with Crippen LogP contribution in [0.1, 0.15) is 71.4 Å². The third kappa shape index (κ3) is 9.79. The summed E-state index contributed by atoms with van der Waals surface area (Å²) >= 11 is 0. The lowest BCUT2D eigenvalue weighted by Crippen LogP contribution is -2.23. The number of hydrogen-bond donors (Lipinski definition) is 0. The quantitative estimate of drug-likeness (QED) is 0.0622. The molecular weight excluding hydrogens is 560 g/mol. The van der Waals surface area contributed by atoms with E-state index < -0.39 is 23.0 Å². The predicted molar refractivity (Wildman–Crippen MR) is 170 cm³/mol. The number of ether oxygens (including phenoxy) is 3. The van der Waals surface area contributed by atoms with Crippen molar-refractivity contribution >= 4 is 28.9 Å². The van der Waals surface area contributed by atoms with Gasteiger partial charge in [-0.15, -0.1) is 0 Å². The van der Waals surface area contributed by atoms with Gasteiger partial charge in [0, 0.05) is 16.5 Å². The summed E-state index contributed by atoms with van der Waals surface area (Å²) in [5.41, 5.74) is 3.14. The van der Waals surface area contributed by atoms with Crippen LogP contribution in [0.15, 0.2) is 76.0 Å². The molecule has 3 aromatic rings. The lowest BCUT2D eigenvalue weighted by Gasteiger charge is -2.16. The Bertz CT molecular complexity index is 1590. The van der Waals surface area contributed by atoms with Crippen LogP contribution in [-0.4, -0.2) is 31.1 Å². The van der Waals surface area contributed by atoms with Crippen molar-refractivity contribution in [2.24, 2.45) is 5.41 Å². The number of benzene rings is 2. The van der Waals surface area contributed by atoms with E-state index in [0.29, 0.717) is 60.5 Å². The monoisotopic (exact) mass is 602 g/mol. The molecule has 0 spiro atoms. The molecule has 0 unspecified atom stereocenters. The molecule has 8 nitrogen and oxygen atoms in total. The first-order valence-electron chi connectivity index (χ1n) is 14.8. The molecule has 1 aromatic heterocycles. The Hall–Kier alpha value is -4.46. The van der Waals surface area contributed by atoms with Gasteiger partial charge in [-0.25, -0.2) is 14.4 Å². The molecular formula is C36H42O8. The van der Waals surface area contributed by atoms with E-state index in [1.54, 1.807) is 38.1 Å². The minimum absolute atomic E-state index is 0.237. The van der Waals surface area contributed by atoms with Crippen LogP contribution in [0.2, 0.25) is 0 Å². The summed E-state index contributed by atoms with van der Waals surface area (Å²) in [5.74, 6) is -0.807. The second-order valence-electron chi connectivity index (χ2n) is 12.0. The van der Waals surface area contributed by atoms with Crippen molar-refractivity contribution in [3.63, 3.8) is 0 Å². The summed E-state index contributed by atoms with van der Waals surface area (Å²) in [6.45, 7) is 16.5. The summed E-state index contributed by atoms with van der Waals surface area (Å²) in [5, 5.41) is 0.790. The van der Waals surface area contributed by atoms with Crippen LogP contribution in [-0.2, 0) is 36.7 Å². The first kappa shape index (κ1) is 34.0. The third-order valence-electron chi connectivity index (χ3n) is 6.82. The van der Waals surface area contributed by atoms with Crippen LogP contribution >= 0.6 is 0 Å². The van der Waals surface area contributed by atoms with E-state index in [1.807, 2.05) is 32.9 Å². The number of aryl methyl sites for hydroxylation is 2. The van der Waals surface area contributed by atoms with Crippen molar-refractivity contribution in [3.8, 4) is 16.9 Å². The highest BCUT2D eigenvalue weighted by atomic mass is 16.5. The molecule has 44 heavy (non-hydrogen) atoms. The number of hydrogen-bond acceptors (Lipinski definition) is 8. The van der Waals surface area contributed by atoms with Gasteiger partial charge in [-0.05, 0) is 114 Å². The van der Waals surface area contributed by atoms with Crippen LogP contribution in [0.4, 0.5) is 0 Å². The molecule has 0 radical (unpaired) electrons. The number of unbranched alkanes of at least 4 members (excludes halogenated alkanes) is 2. The zero-order valence-corrected chi connectivity index (χ0v) is 26.4. The second-order valence-corrected chi connectivity index (χ2v) is 12.0. The Kier molecular flexibility index (Phi) is 11.9. The highest BCUT2D eigenvalue weighted by molar-refractivity contribution is 5.89. The number of fused-ring (bicyclic) bond motifs is 1. The summed E-state index contributed by atoms with van der Waals surface area (Å²) < 4.78 is 21.8. The Morgan fingerprint density at radius 1 is 0.795 bits per heavy atom. The molecule has 0 aliphatic rings. The average molecular weight is 603 g/mol. The minimum atomic E-state index is -0.552. The van der Waals surface area contributed by atoms with Crippen LogP contribution in [0.3, 0.4) is 0 Å². The Morgan fingerprint density at radius 3 is 2.02 bits per heavy atom. The van der Waals surface area contributed by atoms with Gasteiger partial charge in [0.05, 0.1) is 24.2 Å². The molecule has 3 rings (SSSR count). The zero-order chi connectivity index (χ0) is 32.4. The molecule has 1 heterocycles. The van der Waals surface area contributed by atoms with E-state index in [2.05, 4.69) is 19.2 Å². The number of carbonyl (C=O) groups is 3. The van der Waals surface area contributed by atoms with Crippen molar-refractivity contribution in [2.75, 3.05) is 13.2 Å². The van der Waals surface area contributed by atoms with Gasteiger partial charge in [0.25, 0.3) is 0 Å². The van der Waals surface area contributed by atoms with Crippen LogP contribution in [0.25, 0.3) is 22.1 Å². The van der Waals surface area contributed by atoms with Crippen molar-refractivity contribution in [2.45, 2.75) is 73.1 Å². The molecule has 0 bridgehead atoms. The van der Waals surface area contributed by atoms with E-state index in [4.69, 9.17) is 18.6 Å². The molecule has 0 saturated carbocycles. The maximum Gasteiger partial charge on any atom is 0.344 e. The van der Waals surface area contributed by atoms with Gasteiger partial charge >= 0.3 is 23.5 Å². The van der Waals surface area contributed by atoms with Gasteiger partial charge < -0.3 is 18.6 Å². The Balaban J connectivity index is 1.82. The maximum atomic E-state index is 13.1. The van der Waals surface area contributed by atoms with Crippen molar-refractivity contribution in [1.82, 2.24) is 0 Å². The summed E-state index contributed by atoms with van der Waals surface area (Å²) in [6.07, 6.45) is 4.29. The van der Waals surface area contributed by atoms with Crippen molar-refractivity contribution in [1.29, 1.82) is 0 Å². The summed E-state index contributed by atoms with van der Waals surface area (Å²) in [6, 6.07) is 12.5. The predicted octanol–water partition coefficient (Wildman–Crippen LogP) is 7.30. The first-order chi connectivity index (χ1) is 20.8. The van der Waals surface area contributed by atoms with E-state index in [9.17, 15) is 19.2 Å². The van der Waals surface area contributed by atoms with E-state index >= 15 is 0 Å². The third-order valence-corrected chi connectivity index (χ3v) is 6.82. The van der Waals surface area contributed by atoms with E-state index in [0.717, 1.165) is 35.8 Å². The topological polar surface area (TPSA) is 109 Å². The van der Waals surface area contributed by atoms with Gasteiger partial charge in [0.2, 0.25) is 0 Å². The molecule has 2 aromatic carbocycles. The fourth-order valence-corrected chi connectivity index (χ4v) is 4.32. The number of carbonyl (C=O) groups excluding carboxylic acids is 3. The second kappa shape index (κ2) is 15.3. The Morgan fingerprint density at radius 2 is 1.41 bits per heavy atom. The van der Waals surface area contributed by atoms with Crippen LogP contribution in [0, 0.1) is 5.41 Å². The normalized spacial score (nSPS) is 11.2. The molecule has 0 N–H and O–H groups in total. The smallest absolute Gasteiger partial charge is 0.344 e. The molecule has 0 aliphatic heterocycles. The van der Waals surface area contributed by atoms with Gasteiger partial charge in [-0.2, -0.15) is 0 Å². The van der Waals surface area contributed by atoms with Gasteiger partial charge in [0.15, 0.2) is 0 Å². The largest absolute Gasteiger partial charge is 0.465 e. The van der Waals surface area contributed by atoms with Crippen molar-refractivity contribution < 1.29 is 33.0 Å². The van der Waals surface area contributed by atoms with E-state index in [-0.39, 0.29) is 11.5 Å². The molecule has 0 saturated heterocycles. The number of rotatable bonds is 14. The fraction of sp³-hybridized carbons (Fsp3) is 0.389. The summed E-state index contributed by atoms with van der Waals surface area (Å²) in [4.78, 5) is 48.7. The lowest BCUT2D eigenvalue weighted by atomic mass is 9.97. The molecule has 0 amide bonds. The van der Waals surface area contributed by atoms with Crippen LogP contribution in [0.5, 0.6) is 5.75 Å². The zero-order valence-electron chi connectivity index (χ0n) is 26.4.